The van der Waals surface area contributed by atoms with E-state index in [-0.39, 0.29) is 35.6 Å². The van der Waals surface area contributed by atoms with Gasteiger partial charge in [-0.15, -0.1) is 0 Å². The van der Waals surface area contributed by atoms with Gasteiger partial charge in [0.05, 0.1) is 6.54 Å². The van der Waals surface area contributed by atoms with Gasteiger partial charge in [-0.3, -0.25) is 19.3 Å². The largest absolute Gasteiger partial charge is 0.503 e. The molecule has 1 saturated heterocycles. The maximum Gasteiger partial charge on any atom is 0.276 e. The van der Waals surface area contributed by atoms with Gasteiger partial charge in [-0.1, -0.05) is 19.9 Å². The maximum atomic E-state index is 13.9. The molecule has 8 nitrogen and oxygen atoms in total. The number of hydrogen-bond donors (Lipinski definition) is 2. The summed E-state index contributed by atoms with van der Waals surface area (Å²) in [5.74, 6) is -3.25. The van der Waals surface area contributed by atoms with Crippen molar-refractivity contribution in [3.05, 3.63) is 63.1 Å². The van der Waals surface area contributed by atoms with Gasteiger partial charge < -0.3 is 19.9 Å². The van der Waals surface area contributed by atoms with Crippen LogP contribution in [0.4, 0.5) is 8.78 Å². The van der Waals surface area contributed by atoms with Gasteiger partial charge in [0.25, 0.3) is 11.8 Å². The smallest absolute Gasteiger partial charge is 0.276 e. The van der Waals surface area contributed by atoms with Gasteiger partial charge in [0, 0.05) is 43.5 Å². The molecule has 0 radical (unpaired) electrons. The molecule has 2 N–H and O–H groups in total. The van der Waals surface area contributed by atoms with E-state index in [1.807, 2.05) is 6.92 Å². The molecule has 1 aromatic heterocycles. The number of halogens is 2. The highest BCUT2D eigenvalue weighted by molar-refractivity contribution is 5.99. The van der Waals surface area contributed by atoms with E-state index in [0.717, 1.165) is 25.6 Å². The van der Waals surface area contributed by atoms with Crippen LogP contribution in [0.25, 0.3) is 0 Å². The van der Waals surface area contributed by atoms with Crippen molar-refractivity contribution in [3.8, 4) is 5.75 Å². The summed E-state index contributed by atoms with van der Waals surface area (Å²) in [4.78, 5) is 42.8. The number of nitrogens with one attached hydrogen (secondary N) is 1. The number of carbonyl (C=O) groups is 2. The zero-order chi connectivity index (χ0) is 24.7. The summed E-state index contributed by atoms with van der Waals surface area (Å²) < 4.78 is 28.5. The molecule has 0 spiro atoms. The first-order valence-electron chi connectivity index (χ1n) is 11.3. The molecule has 1 aromatic carbocycles. The van der Waals surface area contributed by atoms with Crippen LogP contribution in [0, 0.1) is 17.6 Å². The number of benzene rings is 1. The monoisotopic (exact) mass is 474 g/mol. The van der Waals surface area contributed by atoms with Gasteiger partial charge in [-0.2, -0.15) is 0 Å². The normalized spacial score (nSPS) is 20.3. The van der Waals surface area contributed by atoms with Crippen molar-refractivity contribution in [2.45, 2.75) is 52.5 Å². The highest BCUT2D eigenvalue weighted by Crippen LogP contribution is 2.31. The summed E-state index contributed by atoms with van der Waals surface area (Å²) in [6, 6.07) is 2.91. The lowest BCUT2D eigenvalue weighted by Gasteiger charge is -2.50. The van der Waals surface area contributed by atoms with Crippen molar-refractivity contribution in [2.75, 3.05) is 13.1 Å². The van der Waals surface area contributed by atoms with Crippen LogP contribution in [0.3, 0.4) is 0 Å². The van der Waals surface area contributed by atoms with E-state index in [4.69, 9.17) is 0 Å². The van der Waals surface area contributed by atoms with E-state index >= 15 is 0 Å². The van der Waals surface area contributed by atoms with E-state index in [2.05, 4.69) is 24.1 Å². The van der Waals surface area contributed by atoms with Gasteiger partial charge in [-0.25, -0.2) is 8.78 Å². The zero-order valence-corrected chi connectivity index (χ0v) is 19.3. The Morgan fingerprint density at radius 2 is 2.00 bits per heavy atom. The van der Waals surface area contributed by atoms with Crippen LogP contribution >= 0.6 is 0 Å². The van der Waals surface area contributed by atoms with Crippen LogP contribution in [0.2, 0.25) is 0 Å². The second kappa shape index (κ2) is 9.17. The Labute approximate surface area is 195 Å². The Bertz CT molecular complexity index is 1200. The number of pyridine rings is 1. The lowest BCUT2D eigenvalue weighted by Crippen LogP contribution is -2.64. The van der Waals surface area contributed by atoms with Crippen molar-refractivity contribution in [3.63, 3.8) is 0 Å². The lowest BCUT2D eigenvalue weighted by molar-refractivity contribution is -0.0366. The van der Waals surface area contributed by atoms with Crippen molar-refractivity contribution in [1.82, 2.24) is 19.7 Å². The molecule has 2 atom stereocenters. The SMILES string of the molecule is CC(C)CN1CCC(C)N2C(=O)c3c(O)c(=O)c(C(=O)NCc4ccc(F)cc4F)cn3CC12. The van der Waals surface area contributed by atoms with Crippen LogP contribution in [0.1, 0.15) is 53.6 Å². The number of aromatic hydroxyl groups is 1. The predicted molar refractivity (Wildman–Crippen MR) is 120 cm³/mol. The first-order valence-corrected chi connectivity index (χ1v) is 11.3. The number of aromatic nitrogens is 1. The van der Waals surface area contributed by atoms with E-state index in [9.17, 15) is 28.3 Å². The van der Waals surface area contributed by atoms with Crippen molar-refractivity contribution in [2.24, 2.45) is 5.92 Å². The molecule has 2 aromatic rings. The number of hydrogen-bond acceptors (Lipinski definition) is 5. The Balaban J connectivity index is 1.65. The molecule has 2 aliphatic rings. The van der Waals surface area contributed by atoms with Crippen molar-refractivity contribution in [1.29, 1.82) is 0 Å². The number of carbonyl (C=O) groups excluding carboxylic acids is 2. The number of rotatable bonds is 5. The minimum atomic E-state index is -0.973. The molecule has 34 heavy (non-hydrogen) atoms. The molecule has 2 amide bonds. The molecule has 2 unspecified atom stereocenters. The topological polar surface area (TPSA) is 94.9 Å². The fraction of sp³-hybridized carbons (Fsp3) is 0.458. The van der Waals surface area contributed by atoms with Crippen LogP contribution in [-0.4, -0.2) is 56.6 Å². The van der Waals surface area contributed by atoms with Gasteiger partial charge in [0.1, 0.15) is 23.4 Å². The summed E-state index contributed by atoms with van der Waals surface area (Å²) >= 11 is 0. The first-order chi connectivity index (χ1) is 16.1. The lowest BCUT2D eigenvalue weighted by atomic mass is 10.0. The van der Waals surface area contributed by atoms with Gasteiger partial charge in [-0.05, 0) is 25.3 Å². The number of nitrogens with zero attached hydrogens (tertiary/aromatic N) is 3. The summed E-state index contributed by atoms with van der Waals surface area (Å²) in [6.07, 6.45) is 1.79. The maximum absolute atomic E-state index is 13.9. The number of amides is 2. The Morgan fingerprint density at radius 1 is 1.26 bits per heavy atom. The van der Waals surface area contributed by atoms with Crippen LogP contribution in [0.5, 0.6) is 5.75 Å². The summed E-state index contributed by atoms with van der Waals surface area (Å²) in [6.45, 7) is 7.73. The second-order valence-electron chi connectivity index (χ2n) is 9.36. The average Bonchev–Trinajstić information content (AvgIpc) is 2.76. The highest BCUT2D eigenvalue weighted by Gasteiger charge is 2.43. The van der Waals surface area contributed by atoms with Gasteiger partial charge in [0.15, 0.2) is 11.4 Å². The van der Waals surface area contributed by atoms with Gasteiger partial charge >= 0.3 is 0 Å². The van der Waals surface area contributed by atoms with Crippen LogP contribution in [-0.2, 0) is 13.1 Å². The van der Waals surface area contributed by atoms with E-state index in [1.54, 1.807) is 4.90 Å². The third-order valence-corrected chi connectivity index (χ3v) is 6.40. The Hall–Kier alpha value is -3.27. The van der Waals surface area contributed by atoms with E-state index < -0.39 is 34.6 Å². The van der Waals surface area contributed by atoms with Crippen LogP contribution < -0.4 is 10.7 Å². The molecule has 3 heterocycles. The fourth-order valence-corrected chi connectivity index (χ4v) is 4.75. The minimum absolute atomic E-state index is 0.0448. The van der Waals surface area contributed by atoms with E-state index in [1.165, 1.54) is 16.8 Å². The van der Waals surface area contributed by atoms with E-state index in [0.29, 0.717) is 18.5 Å². The molecule has 0 saturated carbocycles. The quantitative estimate of drug-likeness (QED) is 0.694. The Morgan fingerprint density at radius 3 is 2.68 bits per heavy atom. The third-order valence-electron chi connectivity index (χ3n) is 6.40. The number of fused-ring (bicyclic) bond motifs is 2. The Kier molecular flexibility index (Phi) is 6.44. The average molecular weight is 475 g/mol. The molecule has 2 aliphatic heterocycles. The molecule has 4 rings (SSSR count). The van der Waals surface area contributed by atoms with Gasteiger partial charge in [0.2, 0.25) is 5.43 Å². The third kappa shape index (κ3) is 4.29. The first kappa shape index (κ1) is 23.9. The highest BCUT2D eigenvalue weighted by atomic mass is 19.1. The molecular formula is C24H28F2N4O4. The molecule has 182 valence electrons. The molecule has 0 aliphatic carbocycles. The summed E-state index contributed by atoms with van der Waals surface area (Å²) in [7, 11) is 0. The standard InChI is InChI=1S/C24H28F2N4O4/c1-13(2)10-28-7-6-14(3)30-19(28)12-29-11-17(21(31)22(32)20(29)24(30)34)23(33)27-9-15-4-5-16(25)8-18(15)26/h4-5,8,11,13-14,19,32H,6-7,9-10,12H2,1-3H3,(H,27,33). The summed E-state index contributed by atoms with van der Waals surface area (Å²) in [5.41, 5.74) is -1.42. The minimum Gasteiger partial charge on any atom is -0.503 e. The van der Waals surface area contributed by atoms with Crippen molar-refractivity contribution >= 4 is 11.8 Å². The molecule has 1 fully saturated rings. The second-order valence-corrected chi connectivity index (χ2v) is 9.36. The zero-order valence-electron chi connectivity index (χ0n) is 19.3. The fourth-order valence-electron chi connectivity index (χ4n) is 4.75. The van der Waals surface area contributed by atoms with Crippen molar-refractivity contribution < 1.29 is 23.5 Å². The van der Waals surface area contributed by atoms with Crippen LogP contribution in [0.15, 0.2) is 29.2 Å². The molecular weight excluding hydrogens is 446 g/mol. The predicted octanol–water partition coefficient (Wildman–Crippen LogP) is 2.29. The summed E-state index contributed by atoms with van der Waals surface area (Å²) in [5, 5.41) is 13.0. The molecule has 10 heteroatoms. The molecule has 0 bridgehead atoms.